The van der Waals surface area contributed by atoms with Crippen molar-refractivity contribution in [1.29, 1.82) is 0 Å². The van der Waals surface area contributed by atoms with Crippen molar-refractivity contribution >= 4 is 30.2 Å². The van der Waals surface area contributed by atoms with Crippen LogP contribution >= 0.6 is 15.9 Å². The van der Waals surface area contributed by atoms with Gasteiger partial charge in [0.25, 0.3) is 0 Å². The highest BCUT2D eigenvalue weighted by molar-refractivity contribution is 9.10. The molecule has 0 radical (unpaired) electrons. The van der Waals surface area contributed by atoms with Crippen LogP contribution < -0.4 is 0 Å². The van der Waals surface area contributed by atoms with Gasteiger partial charge < -0.3 is 14.3 Å². The molecule has 0 amide bonds. The molecule has 1 heterocycles. The first-order chi connectivity index (χ1) is 12.3. The van der Waals surface area contributed by atoms with E-state index in [2.05, 4.69) is 49.8 Å². The van der Waals surface area contributed by atoms with Gasteiger partial charge in [-0.2, -0.15) is 0 Å². The minimum absolute atomic E-state index is 0.0865. The number of aliphatic hydroxyl groups excluding tert-OH is 1. The highest BCUT2D eigenvalue weighted by Gasteiger charge is 2.42. The van der Waals surface area contributed by atoms with Gasteiger partial charge >= 0.3 is 5.97 Å². The summed E-state index contributed by atoms with van der Waals surface area (Å²) in [6.07, 6.45) is -0.737. The van der Waals surface area contributed by atoms with E-state index in [0.29, 0.717) is 13.0 Å². The molecule has 1 aromatic carbocycles. The zero-order valence-electron chi connectivity index (χ0n) is 17.5. The normalized spacial score (nSPS) is 23.2. The molecule has 1 aliphatic heterocycles. The van der Waals surface area contributed by atoms with E-state index in [1.54, 1.807) is 0 Å². The third-order valence-electron chi connectivity index (χ3n) is 6.19. The Morgan fingerprint density at radius 2 is 2.00 bits per heavy atom. The van der Waals surface area contributed by atoms with Gasteiger partial charge in [0, 0.05) is 17.0 Å². The van der Waals surface area contributed by atoms with Crippen LogP contribution in [0.25, 0.3) is 0 Å². The van der Waals surface area contributed by atoms with Gasteiger partial charge in [-0.25, -0.2) is 0 Å². The highest BCUT2D eigenvalue weighted by Crippen LogP contribution is 2.39. The summed E-state index contributed by atoms with van der Waals surface area (Å²) in [6.45, 7) is 15.3. The second-order valence-corrected chi connectivity index (χ2v) is 14.9. The zero-order chi connectivity index (χ0) is 20.6. The van der Waals surface area contributed by atoms with Crippen LogP contribution in [0.4, 0.5) is 0 Å². The third-order valence-corrected chi connectivity index (χ3v) is 11.5. The maximum absolute atomic E-state index is 11.9. The highest BCUT2D eigenvalue weighted by atomic mass is 79.9. The van der Waals surface area contributed by atoms with Gasteiger partial charge in [-0.1, -0.05) is 55.8 Å². The fraction of sp³-hybridized carbons (Fsp3) is 0.667. The van der Waals surface area contributed by atoms with Crippen molar-refractivity contribution in [1.82, 2.24) is 0 Å². The monoisotopic (exact) mass is 456 g/mol. The number of carbonyl (C=O) groups is 1. The minimum Gasteiger partial charge on any atom is -0.459 e. The van der Waals surface area contributed by atoms with Crippen molar-refractivity contribution in [3.05, 3.63) is 33.8 Å². The SMILES string of the molecule is Cc1c(Br)cccc1[C@H](CO[Si](C)(C)C(C)(C)C)[C@@H](O)[C@H]1C[C@H](C)C(=O)O1. The number of ether oxygens (including phenoxy) is 1. The van der Waals surface area contributed by atoms with Gasteiger partial charge in [0.2, 0.25) is 0 Å². The van der Waals surface area contributed by atoms with E-state index in [9.17, 15) is 9.90 Å². The average Bonchev–Trinajstić information content (AvgIpc) is 2.89. The van der Waals surface area contributed by atoms with Crippen molar-refractivity contribution in [2.24, 2.45) is 5.92 Å². The summed E-state index contributed by atoms with van der Waals surface area (Å²) in [6, 6.07) is 6.00. The second kappa shape index (κ2) is 8.35. The van der Waals surface area contributed by atoms with Crippen LogP contribution in [0.2, 0.25) is 18.1 Å². The van der Waals surface area contributed by atoms with Gasteiger partial charge in [-0.3, -0.25) is 4.79 Å². The maximum atomic E-state index is 11.9. The lowest BCUT2D eigenvalue weighted by molar-refractivity contribution is -0.148. The van der Waals surface area contributed by atoms with Crippen molar-refractivity contribution < 1.29 is 19.1 Å². The van der Waals surface area contributed by atoms with E-state index in [1.807, 2.05) is 32.0 Å². The number of hydrogen-bond donors (Lipinski definition) is 1. The van der Waals surface area contributed by atoms with Gasteiger partial charge in [-0.15, -0.1) is 0 Å². The molecule has 1 N–H and O–H groups in total. The van der Waals surface area contributed by atoms with Gasteiger partial charge in [-0.05, 0) is 48.7 Å². The van der Waals surface area contributed by atoms with E-state index < -0.39 is 20.5 Å². The Bertz CT molecular complexity index is 683. The molecule has 152 valence electrons. The van der Waals surface area contributed by atoms with Crippen molar-refractivity contribution in [2.45, 2.75) is 77.3 Å². The first kappa shape index (κ1) is 22.6. The summed E-state index contributed by atoms with van der Waals surface area (Å²) >= 11 is 3.59. The summed E-state index contributed by atoms with van der Waals surface area (Å²) in [4.78, 5) is 11.9. The van der Waals surface area contributed by atoms with E-state index >= 15 is 0 Å². The molecule has 0 bridgehead atoms. The molecule has 0 aliphatic carbocycles. The zero-order valence-corrected chi connectivity index (χ0v) is 20.1. The molecule has 1 aliphatic rings. The number of benzene rings is 1. The van der Waals surface area contributed by atoms with Crippen LogP contribution in [0.15, 0.2) is 22.7 Å². The average molecular weight is 457 g/mol. The molecule has 0 spiro atoms. The van der Waals surface area contributed by atoms with Crippen LogP contribution in [0.3, 0.4) is 0 Å². The Morgan fingerprint density at radius 3 is 2.52 bits per heavy atom. The smallest absolute Gasteiger partial charge is 0.309 e. The molecule has 4 nitrogen and oxygen atoms in total. The number of hydrogen-bond acceptors (Lipinski definition) is 4. The van der Waals surface area contributed by atoms with Crippen molar-refractivity contribution in [2.75, 3.05) is 6.61 Å². The molecule has 2 rings (SSSR count). The van der Waals surface area contributed by atoms with Gasteiger partial charge in [0.05, 0.1) is 12.0 Å². The lowest BCUT2D eigenvalue weighted by Crippen LogP contribution is -2.44. The summed E-state index contributed by atoms with van der Waals surface area (Å²) in [7, 11) is -1.97. The third kappa shape index (κ3) is 5.02. The second-order valence-electron chi connectivity index (χ2n) is 9.23. The van der Waals surface area contributed by atoms with Crippen molar-refractivity contribution in [3.63, 3.8) is 0 Å². The predicted molar refractivity (Wildman–Crippen MR) is 114 cm³/mol. The molecular weight excluding hydrogens is 424 g/mol. The summed E-state index contributed by atoms with van der Waals surface area (Å²) < 4.78 is 12.9. The number of halogens is 1. The van der Waals surface area contributed by atoms with E-state index in [1.165, 1.54) is 0 Å². The minimum atomic E-state index is -1.97. The standard InChI is InChI=1S/C21H33BrO4Si/c1-13-11-18(26-20(13)24)19(23)16(12-25-27(6,7)21(3,4)5)15-9-8-10-17(22)14(15)2/h8-10,13,16,18-19,23H,11-12H2,1-7H3/t13-,16-,18+,19+/m0/s1. The van der Waals surface area contributed by atoms with Crippen LogP contribution in [0, 0.1) is 12.8 Å². The van der Waals surface area contributed by atoms with Crippen LogP contribution in [0.1, 0.15) is 51.2 Å². The molecule has 27 heavy (non-hydrogen) atoms. The Balaban J connectivity index is 2.31. The Kier molecular flexibility index (Phi) is 6.99. The number of rotatable bonds is 6. The largest absolute Gasteiger partial charge is 0.459 e. The fourth-order valence-electron chi connectivity index (χ4n) is 3.14. The van der Waals surface area contributed by atoms with Crippen LogP contribution in [-0.2, 0) is 14.0 Å². The van der Waals surface area contributed by atoms with Crippen LogP contribution in [-0.4, -0.2) is 38.2 Å². The molecule has 1 aromatic rings. The van der Waals surface area contributed by atoms with E-state index in [4.69, 9.17) is 9.16 Å². The Labute approximate surface area is 172 Å². The summed E-state index contributed by atoms with van der Waals surface area (Å²) in [5, 5.41) is 11.2. The van der Waals surface area contributed by atoms with E-state index in [-0.39, 0.29) is 22.8 Å². The number of cyclic esters (lactones) is 1. The fourth-order valence-corrected chi connectivity index (χ4v) is 4.55. The quantitative estimate of drug-likeness (QED) is 0.473. The van der Waals surface area contributed by atoms with Crippen molar-refractivity contribution in [3.8, 4) is 0 Å². The molecule has 0 saturated carbocycles. The Hall–Kier alpha value is -0.693. The lowest BCUT2D eigenvalue weighted by Gasteiger charge is -2.38. The summed E-state index contributed by atoms with van der Waals surface area (Å²) in [5.74, 6) is -0.649. The molecule has 0 unspecified atom stereocenters. The molecule has 0 aromatic heterocycles. The number of esters is 1. The first-order valence-electron chi connectivity index (χ1n) is 9.62. The molecular formula is C21H33BrO4Si. The Morgan fingerprint density at radius 1 is 1.37 bits per heavy atom. The maximum Gasteiger partial charge on any atom is 0.309 e. The number of aliphatic hydroxyl groups is 1. The molecule has 1 saturated heterocycles. The predicted octanol–water partition coefficient (Wildman–Crippen LogP) is 5.18. The van der Waals surface area contributed by atoms with Gasteiger partial charge in [0.15, 0.2) is 8.32 Å². The molecule has 1 fully saturated rings. The topological polar surface area (TPSA) is 55.8 Å². The van der Waals surface area contributed by atoms with Crippen LogP contribution in [0.5, 0.6) is 0 Å². The van der Waals surface area contributed by atoms with E-state index in [0.717, 1.165) is 15.6 Å². The lowest BCUT2D eigenvalue weighted by atomic mass is 9.86. The summed E-state index contributed by atoms with van der Waals surface area (Å²) in [5.41, 5.74) is 2.11. The first-order valence-corrected chi connectivity index (χ1v) is 13.3. The molecule has 4 atom stereocenters. The number of carbonyl (C=O) groups excluding carboxylic acids is 1. The van der Waals surface area contributed by atoms with Gasteiger partial charge in [0.1, 0.15) is 6.10 Å². The molecule has 6 heteroatoms.